The Kier molecular flexibility index (Phi) is 4.52. The molecule has 0 aliphatic carbocycles. The van der Waals surface area contributed by atoms with Crippen molar-refractivity contribution in [2.24, 2.45) is 0 Å². The Balaban J connectivity index is 1.55. The summed E-state index contributed by atoms with van der Waals surface area (Å²) in [7, 11) is 4.11. The predicted molar refractivity (Wildman–Crippen MR) is 124 cm³/mol. The van der Waals surface area contributed by atoms with Crippen LogP contribution in [0.3, 0.4) is 0 Å². The van der Waals surface area contributed by atoms with Gasteiger partial charge in [-0.3, -0.25) is 9.38 Å². The highest BCUT2D eigenvalue weighted by Crippen LogP contribution is 2.28. The first-order chi connectivity index (χ1) is 14.7. The Hall–Kier alpha value is -3.92. The molecule has 0 unspecified atom stereocenters. The molecule has 0 bridgehead atoms. The minimum absolute atomic E-state index is 0.927. The molecule has 5 aromatic rings. The van der Waals surface area contributed by atoms with Gasteiger partial charge in [0.15, 0.2) is 0 Å². The van der Waals surface area contributed by atoms with E-state index in [1.165, 1.54) is 11.3 Å². The van der Waals surface area contributed by atoms with E-state index < -0.39 is 0 Å². The lowest BCUT2D eigenvalue weighted by Crippen LogP contribution is -2.08. The van der Waals surface area contributed by atoms with Gasteiger partial charge in [-0.15, -0.1) is 0 Å². The van der Waals surface area contributed by atoms with Gasteiger partial charge in [0.2, 0.25) is 0 Å². The quantitative estimate of drug-likeness (QED) is 0.389. The van der Waals surface area contributed by atoms with Crippen molar-refractivity contribution in [1.82, 2.24) is 14.4 Å². The summed E-state index contributed by atoms with van der Waals surface area (Å²) in [6, 6.07) is 27.2. The summed E-state index contributed by atoms with van der Waals surface area (Å²) in [5.74, 6) is 0. The predicted octanol–water partition coefficient (Wildman–Crippen LogP) is 5.80. The zero-order valence-electron chi connectivity index (χ0n) is 17.0. The molecular formula is C26H22N4. The van der Waals surface area contributed by atoms with Gasteiger partial charge in [-0.25, -0.2) is 4.98 Å². The van der Waals surface area contributed by atoms with Crippen molar-refractivity contribution in [3.8, 4) is 33.6 Å². The molecule has 30 heavy (non-hydrogen) atoms. The molecule has 4 nitrogen and oxygen atoms in total. The topological polar surface area (TPSA) is 33.4 Å². The fraction of sp³-hybridized carbons (Fsp3) is 0.0769. The maximum Gasteiger partial charge on any atom is 0.137 e. The summed E-state index contributed by atoms with van der Waals surface area (Å²) < 4.78 is 2.13. The molecule has 146 valence electrons. The second-order valence-corrected chi connectivity index (χ2v) is 7.53. The molecule has 2 aromatic carbocycles. The Morgan fingerprint density at radius 2 is 1.50 bits per heavy atom. The smallest absolute Gasteiger partial charge is 0.137 e. The van der Waals surface area contributed by atoms with Gasteiger partial charge in [0.05, 0.1) is 17.6 Å². The molecule has 0 saturated carbocycles. The van der Waals surface area contributed by atoms with E-state index in [9.17, 15) is 0 Å². The summed E-state index contributed by atoms with van der Waals surface area (Å²) >= 11 is 0. The first kappa shape index (κ1) is 18.1. The van der Waals surface area contributed by atoms with Crippen LogP contribution in [0.15, 0.2) is 97.5 Å². The largest absolute Gasteiger partial charge is 0.378 e. The lowest BCUT2D eigenvalue weighted by Gasteiger charge is -2.13. The van der Waals surface area contributed by atoms with Crippen molar-refractivity contribution in [3.63, 3.8) is 0 Å². The molecule has 0 fully saturated rings. The van der Waals surface area contributed by atoms with Gasteiger partial charge < -0.3 is 4.90 Å². The molecule has 0 aliphatic rings. The van der Waals surface area contributed by atoms with Gasteiger partial charge in [-0.05, 0) is 47.5 Å². The van der Waals surface area contributed by atoms with Crippen molar-refractivity contribution in [3.05, 3.63) is 97.5 Å². The van der Waals surface area contributed by atoms with Gasteiger partial charge in [-0.2, -0.15) is 0 Å². The lowest BCUT2D eigenvalue weighted by molar-refractivity contribution is 1.13. The molecule has 0 radical (unpaired) electrons. The lowest BCUT2D eigenvalue weighted by atomic mass is 10.1. The third-order valence-corrected chi connectivity index (χ3v) is 5.33. The average molecular weight is 390 g/mol. The maximum absolute atomic E-state index is 4.67. The number of fused-ring (bicyclic) bond motifs is 1. The van der Waals surface area contributed by atoms with Gasteiger partial charge in [0.1, 0.15) is 5.65 Å². The normalized spacial score (nSPS) is 11.0. The second-order valence-electron chi connectivity index (χ2n) is 7.53. The number of hydrogen-bond donors (Lipinski definition) is 0. The minimum atomic E-state index is 0.927. The number of imidazole rings is 1. The monoisotopic (exact) mass is 390 g/mol. The van der Waals surface area contributed by atoms with E-state index in [1.807, 2.05) is 36.7 Å². The molecule has 0 amide bonds. The minimum Gasteiger partial charge on any atom is -0.378 e. The van der Waals surface area contributed by atoms with Crippen LogP contribution in [0.1, 0.15) is 0 Å². The van der Waals surface area contributed by atoms with E-state index in [0.29, 0.717) is 0 Å². The first-order valence-corrected chi connectivity index (χ1v) is 9.96. The Morgan fingerprint density at radius 1 is 0.700 bits per heavy atom. The van der Waals surface area contributed by atoms with E-state index >= 15 is 0 Å². The van der Waals surface area contributed by atoms with E-state index in [2.05, 4.69) is 94.2 Å². The van der Waals surface area contributed by atoms with Gasteiger partial charge >= 0.3 is 0 Å². The zero-order chi connectivity index (χ0) is 20.5. The van der Waals surface area contributed by atoms with E-state index in [0.717, 1.165) is 33.7 Å². The highest BCUT2D eigenvalue weighted by Gasteiger charge is 2.10. The maximum atomic E-state index is 4.67. The molecule has 3 heterocycles. The van der Waals surface area contributed by atoms with Crippen LogP contribution in [0, 0.1) is 0 Å². The number of pyridine rings is 2. The standard InChI is InChI=1S/C26H22N4/c1-29(2)23-10-6-9-20(15-23)21-12-14-30-25(18-28-26(30)17-21)22-11-13-27-24(16-22)19-7-4-3-5-8-19/h3-18H,1-2H3. The van der Waals surface area contributed by atoms with Gasteiger partial charge in [0, 0.05) is 43.3 Å². The SMILES string of the molecule is CN(C)c1cccc(-c2ccn3c(-c4ccnc(-c5ccccc5)c4)cnc3c2)c1. The molecule has 0 N–H and O–H groups in total. The van der Waals surface area contributed by atoms with Crippen molar-refractivity contribution in [1.29, 1.82) is 0 Å². The third-order valence-electron chi connectivity index (χ3n) is 5.33. The number of anilines is 1. The van der Waals surface area contributed by atoms with Crippen LogP contribution in [0.5, 0.6) is 0 Å². The average Bonchev–Trinajstić information content (AvgIpc) is 3.23. The molecular weight excluding hydrogens is 368 g/mol. The fourth-order valence-corrected chi connectivity index (χ4v) is 3.69. The van der Waals surface area contributed by atoms with Crippen molar-refractivity contribution in [2.45, 2.75) is 0 Å². The van der Waals surface area contributed by atoms with Crippen LogP contribution in [0.25, 0.3) is 39.3 Å². The van der Waals surface area contributed by atoms with Gasteiger partial charge in [-0.1, -0.05) is 42.5 Å². The first-order valence-electron chi connectivity index (χ1n) is 9.96. The summed E-state index contributed by atoms with van der Waals surface area (Å²) in [5.41, 5.74) is 8.66. The Bertz CT molecular complexity index is 1320. The van der Waals surface area contributed by atoms with Crippen LogP contribution >= 0.6 is 0 Å². The highest BCUT2D eigenvalue weighted by molar-refractivity contribution is 5.74. The molecule has 5 rings (SSSR count). The molecule has 4 heteroatoms. The number of aromatic nitrogens is 3. The number of hydrogen-bond acceptors (Lipinski definition) is 3. The molecule has 0 aliphatic heterocycles. The number of rotatable bonds is 4. The van der Waals surface area contributed by atoms with E-state index in [4.69, 9.17) is 0 Å². The fourth-order valence-electron chi connectivity index (χ4n) is 3.69. The molecule has 0 spiro atoms. The van der Waals surface area contributed by atoms with Crippen LogP contribution < -0.4 is 4.90 Å². The summed E-state index contributed by atoms with van der Waals surface area (Å²) in [6.45, 7) is 0. The van der Waals surface area contributed by atoms with Gasteiger partial charge in [0.25, 0.3) is 0 Å². The van der Waals surface area contributed by atoms with E-state index in [1.54, 1.807) is 0 Å². The molecule has 0 atom stereocenters. The zero-order valence-corrected chi connectivity index (χ0v) is 17.0. The number of nitrogens with zero attached hydrogens (tertiary/aromatic N) is 4. The second kappa shape index (κ2) is 7.48. The van der Waals surface area contributed by atoms with Crippen LogP contribution in [-0.4, -0.2) is 28.5 Å². The van der Waals surface area contributed by atoms with Crippen molar-refractivity contribution >= 4 is 11.3 Å². The Labute approximate surface area is 176 Å². The summed E-state index contributed by atoms with van der Waals surface area (Å²) in [6.07, 6.45) is 5.88. The van der Waals surface area contributed by atoms with Crippen LogP contribution in [-0.2, 0) is 0 Å². The molecule has 3 aromatic heterocycles. The van der Waals surface area contributed by atoms with Crippen LogP contribution in [0.4, 0.5) is 5.69 Å². The Morgan fingerprint density at radius 3 is 2.33 bits per heavy atom. The summed E-state index contributed by atoms with van der Waals surface area (Å²) in [5, 5.41) is 0. The highest BCUT2D eigenvalue weighted by atomic mass is 15.1. The van der Waals surface area contributed by atoms with Crippen LogP contribution in [0.2, 0.25) is 0 Å². The third kappa shape index (κ3) is 3.33. The van der Waals surface area contributed by atoms with E-state index in [-0.39, 0.29) is 0 Å². The number of benzene rings is 2. The van der Waals surface area contributed by atoms with Crippen molar-refractivity contribution in [2.75, 3.05) is 19.0 Å². The van der Waals surface area contributed by atoms with Crippen molar-refractivity contribution < 1.29 is 0 Å². The molecule has 0 saturated heterocycles. The summed E-state index contributed by atoms with van der Waals surface area (Å²) in [4.78, 5) is 11.3.